The lowest BCUT2D eigenvalue weighted by atomic mass is 10.2. The van der Waals surface area contributed by atoms with Crippen LogP contribution in [0.25, 0.3) is 0 Å². The second-order valence-corrected chi connectivity index (χ2v) is 8.41. The number of aryl methyl sites for hydroxylation is 1. The van der Waals surface area contributed by atoms with Gasteiger partial charge in [0.15, 0.2) is 9.84 Å². The highest BCUT2D eigenvalue weighted by atomic mass is 32.2. The van der Waals surface area contributed by atoms with Gasteiger partial charge in [0.1, 0.15) is 0 Å². The zero-order chi connectivity index (χ0) is 16.0. The normalized spacial score (nSPS) is 19.7. The summed E-state index contributed by atoms with van der Waals surface area (Å²) in [5.41, 5.74) is 1.14. The molecule has 1 aliphatic heterocycles. The summed E-state index contributed by atoms with van der Waals surface area (Å²) >= 11 is 1.60. The summed E-state index contributed by atoms with van der Waals surface area (Å²) in [5, 5.41) is 9.38. The first-order valence-corrected chi connectivity index (χ1v) is 9.98. The molecule has 0 saturated carbocycles. The topological polar surface area (TPSA) is 92.3 Å². The van der Waals surface area contributed by atoms with Gasteiger partial charge in [-0.1, -0.05) is 0 Å². The Balaban J connectivity index is 1.57. The smallest absolute Gasteiger partial charge is 0.222 e. The number of carbonyl (C=O) groups excluding carboxylic acids is 2. The molecule has 0 bridgehead atoms. The van der Waals surface area contributed by atoms with Crippen molar-refractivity contribution in [3.8, 4) is 0 Å². The van der Waals surface area contributed by atoms with Crippen molar-refractivity contribution in [2.75, 3.05) is 18.1 Å². The minimum atomic E-state index is -2.99. The van der Waals surface area contributed by atoms with Crippen molar-refractivity contribution in [2.24, 2.45) is 0 Å². The van der Waals surface area contributed by atoms with Crippen molar-refractivity contribution in [1.29, 1.82) is 0 Å². The Hall–Kier alpha value is -1.41. The van der Waals surface area contributed by atoms with E-state index in [9.17, 15) is 18.0 Å². The first-order chi connectivity index (χ1) is 10.4. The maximum absolute atomic E-state index is 11.7. The number of thiophene rings is 1. The molecule has 0 radical (unpaired) electrons. The van der Waals surface area contributed by atoms with Crippen molar-refractivity contribution in [3.05, 3.63) is 22.4 Å². The predicted octanol–water partition coefficient (Wildman–Crippen LogP) is 0.490. The SMILES string of the molecule is O=C(CCc1ccsc1)NCCC(=O)N[C@H]1CCS(=O)(=O)C1. The fourth-order valence-corrected chi connectivity index (χ4v) is 4.68. The second kappa shape index (κ2) is 7.73. The van der Waals surface area contributed by atoms with Crippen molar-refractivity contribution >= 4 is 33.0 Å². The Labute approximate surface area is 134 Å². The zero-order valence-electron chi connectivity index (χ0n) is 12.2. The molecule has 1 aliphatic rings. The summed E-state index contributed by atoms with van der Waals surface area (Å²) in [7, 11) is -2.99. The molecule has 2 rings (SSSR count). The fraction of sp³-hybridized carbons (Fsp3) is 0.571. The molecule has 1 atom stereocenters. The van der Waals surface area contributed by atoms with E-state index in [2.05, 4.69) is 10.6 Å². The minimum absolute atomic E-state index is 0.0196. The van der Waals surface area contributed by atoms with Gasteiger partial charge in [-0.25, -0.2) is 8.42 Å². The molecule has 22 heavy (non-hydrogen) atoms. The molecule has 2 amide bonds. The summed E-state index contributed by atoms with van der Waals surface area (Å²) in [6, 6.07) is 1.70. The highest BCUT2D eigenvalue weighted by Crippen LogP contribution is 2.11. The second-order valence-electron chi connectivity index (χ2n) is 5.40. The van der Waals surface area contributed by atoms with Gasteiger partial charge in [0, 0.05) is 25.4 Å². The van der Waals surface area contributed by atoms with E-state index in [1.54, 1.807) is 11.3 Å². The summed E-state index contributed by atoms with van der Waals surface area (Å²) in [6.45, 7) is 0.272. The van der Waals surface area contributed by atoms with Crippen LogP contribution in [-0.4, -0.2) is 44.3 Å². The van der Waals surface area contributed by atoms with Crippen LogP contribution in [0, 0.1) is 0 Å². The molecule has 2 heterocycles. The Morgan fingerprint density at radius 3 is 2.73 bits per heavy atom. The molecule has 0 unspecified atom stereocenters. The van der Waals surface area contributed by atoms with Crippen LogP contribution in [0.15, 0.2) is 16.8 Å². The molecule has 2 N–H and O–H groups in total. The lowest BCUT2D eigenvalue weighted by molar-refractivity contribution is -0.122. The number of hydrogen-bond acceptors (Lipinski definition) is 5. The van der Waals surface area contributed by atoms with E-state index < -0.39 is 9.84 Å². The van der Waals surface area contributed by atoms with Crippen LogP contribution in [0.4, 0.5) is 0 Å². The van der Waals surface area contributed by atoms with Crippen molar-refractivity contribution < 1.29 is 18.0 Å². The molecular weight excluding hydrogens is 324 g/mol. The Morgan fingerprint density at radius 1 is 1.27 bits per heavy atom. The highest BCUT2D eigenvalue weighted by molar-refractivity contribution is 7.91. The number of amides is 2. The van der Waals surface area contributed by atoms with Gasteiger partial charge in [-0.15, -0.1) is 0 Å². The number of sulfone groups is 1. The molecule has 8 heteroatoms. The third kappa shape index (κ3) is 5.76. The fourth-order valence-electron chi connectivity index (χ4n) is 2.31. The molecule has 6 nitrogen and oxygen atoms in total. The Kier molecular flexibility index (Phi) is 5.96. The van der Waals surface area contributed by atoms with E-state index in [0.29, 0.717) is 19.3 Å². The molecule has 122 valence electrons. The number of hydrogen-bond donors (Lipinski definition) is 2. The molecule has 0 aliphatic carbocycles. The number of nitrogens with one attached hydrogen (secondary N) is 2. The van der Waals surface area contributed by atoms with E-state index in [4.69, 9.17) is 0 Å². The Morgan fingerprint density at radius 2 is 2.09 bits per heavy atom. The predicted molar refractivity (Wildman–Crippen MR) is 85.5 cm³/mol. The molecule has 0 aromatic carbocycles. The van der Waals surface area contributed by atoms with Crippen molar-refractivity contribution in [1.82, 2.24) is 10.6 Å². The summed E-state index contributed by atoms with van der Waals surface area (Å²) in [6.07, 6.45) is 1.74. The lowest BCUT2D eigenvalue weighted by Gasteiger charge is -2.11. The summed E-state index contributed by atoms with van der Waals surface area (Å²) < 4.78 is 22.6. The maximum atomic E-state index is 11.7. The van der Waals surface area contributed by atoms with Crippen LogP contribution in [0.2, 0.25) is 0 Å². The number of carbonyl (C=O) groups is 2. The molecule has 1 aromatic rings. The molecule has 1 saturated heterocycles. The van der Waals surface area contributed by atoms with Gasteiger partial charge in [0.2, 0.25) is 11.8 Å². The van der Waals surface area contributed by atoms with Crippen LogP contribution in [-0.2, 0) is 25.8 Å². The van der Waals surface area contributed by atoms with E-state index in [0.717, 1.165) is 5.56 Å². The molecular formula is C14H20N2O4S2. The average Bonchev–Trinajstić information content (AvgIpc) is 3.06. The van der Waals surface area contributed by atoms with Crippen molar-refractivity contribution in [3.63, 3.8) is 0 Å². The van der Waals surface area contributed by atoms with Gasteiger partial charge < -0.3 is 10.6 Å². The standard InChI is InChI=1S/C14H20N2O4S2/c17-13(2-1-11-4-7-21-9-11)15-6-3-14(18)16-12-5-8-22(19,20)10-12/h4,7,9,12H,1-3,5-6,8,10H2,(H,15,17)(H,16,18)/t12-/m0/s1. The van der Waals surface area contributed by atoms with Gasteiger partial charge in [0.05, 0.1) is 11.5 Å². The third-order valence-electron chi connectivity index (χ3n) is 3.49. The van der Waals surface area contributed by atoms with Crippen LogP contribution in [0.5, 0.6) is 0 Å². The highest BCUT2D eigenvalue weighted by Gasteiger charge is 2.28. The quantitative estimate of drug-likeness (QED) is 0.753. The van der Waals surface area contributed by atoms with Crippen molar-refractivity contribution in [2.45, 2.75) is 31.7 Å². The summed E-state index contributed by atoms with van der Waals surface area (Å²) in [5.74, 6) is -0.147. The minimum Gasteiger partial charge on any atom is -0.356 e. The van der Waals surface area contributed by atoms with E-state index in [1.807, 2.05) is 16.8 Å². The molecule has 1 fully saturated rings. The number of rotatable bonds is 7. The van der Waals surface area contributed by atoms with Gasteiger partial charge in [-0.3, -0.25) is 9.59 Å². The molecule has 0 spiro atoms. The monoisotopic (exact) mass is 344 g/mol. The van der Waals surface area contributed by atoms with E-state index in [1.165, 1.54) is 0 Å². The average molecular weight is 344 g/mol. The van der Waals surface area contributed by atoms with E-state index >= 15 is 0 Å². The maximum Gasteiger partial charge on any atom is 0.222 e. The van der Waals surface area contributed by atoms with Gasteiger partial charge in [-0.2, -0.15) is 11.3 Å². The van der Waals surface area contributed by atoms with Crippen LogP contribution in [0.1, 0.15) is 24.8 Å². The first kappa shape index (κ1) is 17.0. The van der Waals surface area contributed by atoms with Crippen LogP contribution < -0.4 is 10.6 Å². The first-order valence-electron chi connectivity index (χ1n) is 7.22. The lowest BCUT2D eigenvalue weighted by Crippen LogP contribution is -2.37. The Bertz CT molecular complexity index is 611. The van der Waals surface area contributed by atoms with Gasteiger partial charge >= 0.3 is 0 Å². The summed E-state index contributed by atoms with van der Waals surface area (Å²) in [4.78, 5) is 23.3. The zero-order valence-corrected chi connectivity index (χ0v) is 13.8. The van der Waals surface area contributed by atoms with E-state index in [-0.39, 0.29) is 42.3 Å². The van der Waals surface area contributed by atoms with Gasteiger partial charge in [0.25, 0.3) is 0 Å². The van der Waals surface area contributed by atoms with Gasteiger partial charge in [-0.05, 0) is 35.2 Å². The van der Waals surface area contributed by atoms with Crippen LogP contribution in [0.3, 0.4) is 0 Å². The molecule has 1 aromatic heterocycles. The van der Waals surface area contributed by atoms with Crippen LogP contribution >= 0.6 is 11.3 Å². The third-order valence-corrected chi connectivity index (χ3v) is 5.99. The largest absolute Gasteiger partial charge is 0.356 e.